The molecule has 0 radical (unpaired) electrons. The number of nitrogens with zero attached hydrogens (tertiary/aromatic N) is 3. The van der Waals surface area contributed by atoms with E-state index < -0.39 is 43.9 Å². The lowest BCUT2D eigenvalue weighted by atomic mass is 10.0. The van der Waals surface area contributed by atoms with Crippen molar-refractivity contribution in [3.63, 3.8) is 0 Å². The normalized spacial score (nSPS) is 17.2. The van der Waals surface area contributed by atoms with Gasteiger partial charge in [0, 0.05) is 37.0 Å². The lowest BCUT2D eigenvalue weighted by Gasteiger charge is -2.30. The highest BCUT2D eigenvalue weighted by molar-refractivity contribution is 7.89. The van der Waals surface area contributed by atoms with E-state index in [4.69, 9.17) is 10.5 Å². The molecule has 39 heavy (non-hydrogen) atoms. The van der Waals surface area contributed by atoms with E-state index in [-0.39, 0.29) is 23.5 Å². The molecule has 11 nitrogen and oxygen atoms in total. The first-order valence-electron chi connectivity index (χ1n) is 12.0. The second kappa shape index (κ2) is 9.70. The highest BCUT2D eigenvalue weighted by atomic mass is 32.2. The predicted molar refractivity (Wildman–Crippen MR) is 137 cm³/mol. The average molecular weight is 561 g/mol. The molecule has 0 aliphatic carbocycles. The molecule has 1 aromatic heterocycles. The molecular formula is C25H26F2N6O5S. The Hall–Kier alpha value is -3.88. The molecule has 206 valence electrons. The number of sulfonamides is 1. The number of aromatic nitrogens is 2. The highest BCUT2D eigenvalue weighted by Crippen LogP contribution is 2.44. The van der Waals surface area contributed by atoms with E-state index in [9.17, 15) is 26.8 Å². The fraction of sp³-hybridized carbons (Fsp3) is 0.320. The Balaban J connectivity index is 1.43. The van der Waals surface area contributed by atoms with Crippen molar-refractivity contribution in [3.05, 3.63) is 70.4 Å². The van der Waals surface area contributed by atoms with Crippen LogP contribution in [0.3, 0.4) is 0 Å². The van der Waals surface area contributed by atoms with Crippen LogP contribution in [-0.4, -0.2) is 61.0 Å². The quantitative estimate of drug-likeness (QED) is 0.419. The molecule has 4 N–H and O–H groups in total. The van der Waals surface area contributed by atoms with Crippen LogP contribution in [0.25, 0.3) is 0 Å². The fourth-order valence-electron chi connectivity index (χ4n) is 4.91. The van der Waals surface area contributed by atoms with E-state index >= 15 is 0 Å². The first-order chi connectivity index (χ1) is 18.4. The summed E-state index contributed by atoms with van der Waals surface area (Å²) in [6.45, 7) is 5.30. The number of hydrogen-bond acceptors (Lipinski definition) is 7. The van der Waals surface area contributed by atoms with Crippen LogP contribution in [0.1, 0.15) is 45.8 Å². The van der Waals surface area contributed by atoms with Crippen molar-refractivity contribution in [1.82, 2.24) is 14.5 Å². The summed E-state index contributed by atoms with van der Waals surface area (Å²) in [5.41, 5.74) is 5.93. The zero-order valence-electron chi connectivity index (χ0n) is 21.1. The van der Waals surface area contributed by atoms with Crippen LogP contribution < -0.4 is 16.0 Å². The molecule has 3 aromatic rings. The first kappa shape index (κ1) is 26.7. The number of anilines is 2. The van der Waals surface area contributed by atoms with Gasteiger partial charge in [0.05, 0.1) is 40.5 Å². The standard InChI is InChI=1S/C25H26F2N6O5S/c1-25(2)21-20(13-33(25)39(36,37)17-10-14(26)9-15(27)11-17)23(31-30-21)29-24(35)18-4-3-16(12-19(18)22(28)34)32-5-7-38-8-6-32/h3-4,9-12H,5-8,13H2,1-2H3,(H2,28,34)(H2,29,30,31,35). The zero-order valence-corrected chi connectivity index (χ0v) is 21.9. The molecule has 14 heteroatoms. The topological polar surface area (TPSA) is 151 Å². The zero-order chi connectivity index (χ0) is 28.1. The number of amides is 2. The number of H-pyrrole nitrogens is 1. The number of ether oxygens (including phenoxy) is 1. The Morgan fingerprint density at radius 1 is 1.08 bits per heavy atom. The summed E-state index contributed by atoms with van der Waals surface area (Å²) in [6, 6.07) is 6.82. The summed E-state index contributed by atoms with van der Waals surface area (Å²) >= 11 is 0. The van der Waals surface area contributed by atoms with Gasteiger partial charge in [-0.2, -0.15) is 9.40 Å². The maximum absolute atomic E-state index is 13.8. The van der Waals surface area contributed by atoms with Gasteiger partial charge in [0.1, 0.15) is 11.6 Å². The van der Waals surface area contributed by atoms with Crippen molar-refractivity contribution in [3.8, 4) is 0 Å². The van der Waals surface area contributed by atoms with Gasteiger partial charge in [0.25, 0.3) is 5.91 Å². The van der Waals surface area contributed by atoms with E-state index in [1.54, 1.807) is 26.0 Å². The summed E-state index contributed by atoms with van der Waals surface area (Å²) in [5, 5.41) is 9.55. The van der Waals surface area contributed by atoms with Gasteiger partial charge in [0.15, 0.2) is 5.82 Å². The summed E-state index contributed by atoms with van der Waals surface area (Å²) in [6.07, 6.45) is 0. The summed E-state index contributed by atoms with van der Waals surface area (Å²) in [7, 11) is -4.34. The van der Waals surface area contributed by atoms with Crippen LogP contribution in [0.5, 0.6) is 0 Å². The molecule has 0 unspecified atom stereocenters. The summed E-state index contributed by atoms with van der Waals surface area (Å²) < 4.78 is 60.8. The SMILES string of the molecule is CC1(C)c2[nH]nc(NC(=O)c3ccc(N4CCOCC4)cc3C(N)=O)c2CN1S(=O)(=O)c1cc(F)cc(F)c1. The van der Waals surface area contributed by atoms with Gasteiger partial charge in [-0.15, -0.1) is 0 Å². The van der Waals surface area contributed by atoms with E-state index in [1.807, 2.05) is 4.90 Å². The van der Waals surface area contributed by atoms with Crippen molar-refractivity contribution in [2.24, 2.45) is 5.73 Å². The molecular weight excluding hydrogens is 534 g/mol. The van der Waals surface area contributed by atoms with E-state index in [2.05, 4.69) is 15.5 Å². The molecule has 1 fully saturated rings. The van der Waals surface area contributed by atoms with Crippen molar-refractivity contribution in [2.75, 3.05) is 36.5 Å². The van der Waals surface area contributed by atoms with Crippen LogP contribution in [0.15, 0.2) is 41.3 Å². The molecule has 0 saturated carbocycles. The Kier molecular flexibility index (Phi) is 6.64. The van der Waals surface area contributed by atoms with Gasteiger partial charge >= 0.3 is 0 Å². The molecule has 2 aliphatic rings. The highest BCUT2D eigenvalue weighted by Gasteiger charge is 2.48. The van der Waals surface area contributed by atoms with Gasteiger partial charge < -0.3 is 20.7 Å². The van der Waals surface area contributed by atoms with Gasteiger partial charge in [-0.3, -0.25) is 14.7 Å². The van der Waals surface area contributed by atoms with Crippen LogP contribution in [0.4, 0.5) is 20.3 Å². The van der Waals surface area contributed by atoms with E-state index in [1.165, 1.54) is 6.07 Å². The van der Waals surface area contributed by atoms with Gasteiger partial charge in [-0.1, -0.05) is 0 Å². The van der Waals surface area contributed by atoms with E-state index in [0.717, 1.165) is 22.1 Å². The van der Waals surface area contributed by atoms with Gasteiger partial charge in [0.2, 0.25) is 15.9 Å². The molecule has 2 aromatic carbocycles. The maximum atomic E-state index is 13.8. The largest absolute Gasteiger partial charge is 0.378 e. The Labute approximate surface area is 223 Å². The number of nitrogens with two attached hydrogens (primary N) is 1. The summed E-state index contributed by atoms with van der Waals surface area (Å²) in [4.78, 5) is 26.9. The van der Waals surface area contributed by atoms with Crippen molar-refractivity contribution < 1.29 is 31.5 Å². The molecule has 0 spiro atoms. The number of halogens is 2. The Bertz CT molecular complexity index is 1560. The van der Waals surface area contributed by atoms with Crippen LogP contribution in [0.2, 0.25) is 0 Å². The minimum absolute atomic E-state index is 0.0151. The predicted octanol–water partition coefficient (Wildman–Crippen LogP) is 2.32. The van der Waals surface area contributed by atoms with Crippen LogP contribution in [-0.2, 0) is 26.8 Å². The molecule has 0 atom stereocenters. The number of hydrogen-bond donors (Lipinski definition) is 3. The smallest absolute Gasteiger partial charge is 0.257 e. The van der Waals surface area contributed by atoms with E-state index in [0.29, 0.717) is 43.6 Å². The average Bonchev–Trinajstić information content (AvgIpc) is 3.41. The maximum Gasteiger partial charge on any atom is 0.257 e. The minimum Gasteiger partial charge on any atom is -0.378 e. The lowest BCUT2D eigenvalue weighted by molar-refractivity contribution is 0.0977. The van der Waals surface area contributed by atoms with Crippen LogP contribution in [0, 0.1) is 11.6 Å². The second-order valence-corrected chi connectivity index (χ2v) is 11.6. The number of aromatic amines is 1. The molecule has 2 aliphatic heterocycles. The summed E-state index contributed by atoms with van der Waals surface area (Å²) in [5.74, 6) is -3.45. The van der Waals surface area contributed by atoms with Gasteiger partial charge in [-0.05, 0) is 44.2 Å². The van der Waals surface area contributed by atoms with Crippen LogP contribution >= 0.6 is 0 Å². The third kappa shape index (κ3) is 4.75. The number of morpholine rings is 1. The minimum atomic E-state index is -4.34. The number of primary amides is 1. The molecule has 0 bridgehead atoms. The Morgan fingerprint density at radius 3 is 2.38 bits per heavy atom. The number of carbonyl (C=O) groups excluding carboxylic acids is 2. The molecule has 5 rings (SSSR count). The van der Waals surface area contributed by atoms with Crippen molar-refractivity contribution in [1.29, 1.82) is 0 Å². The Morgan fingerprint density at radius 2 is 1.74 bits per heavy atom. The number of benzene rings is 2. The second-order valence-electron chi connectivity index (χ2n) is 9.75. The van der Waals surface area contributed by atoms with Crippen molar-refractivity contribution >= 4 is 33.3 Å². The number of rotatable bonds is 6. The molecule has 3 heterocycles. The monoisotopic (exact) mass is 560 g/mol. The fourth-order valence-corrected chi connectivity index (χ4v) is 6.68. The third-order valence-corrected chi connectivity index (χ3v) is 8.95. The van der Waals surface area contributed by atoms with Crippen molar-refractivity contribution in [2.45, 2.75) is 30.8 Å². The number of carbonyl (C=O) groups is 2. The first-order valence-corrected chi connectivity index (χ1v) is 13.5. The van der Waals surface area contributed by atoms with Gasteiger partial charge in [-0.25, -0.2) is 17.2 Å². The number of fused-ring (bicyclic) bond motifs is 1. The molecule has 1 saturated heterocycles. The number of nitrogens with one attached hydrogen (secondary N) is 2. The molecule has 2 amide bonds. The lowest BCUT2D eigenvalue weighted by Crippen LogP contribution is -2.40. The third-order valence-electron chi connectivity index (χ3n) is 6.95.